The van der Waals surface area contributed by atoms with Gasteiger partial charge in [-0.15, -0.1) is 0 Å². The van der Waals surface area contributed by atoms with Gasteiger partial charge in [0.05, 0.1) is 29.8 Å². The Hall–Kier alpha value is -3.21. The standard InChI is InChI=1S/C62H99N2O8P/c1-13-55-62(10,69)59(66)50(8)64(43-47(5)42-61(9,68)56(35-34-48(6)60(67)72-55)71-58-41-51(63(11)12)40-49(7)70-58)57(65)33-22-20-18-16-14-15-17-19-21-23-36-73(52-30-24-27-44(2)37-52,53-31-25-28-45(3)38-53)54-32-26-29-46(4)39-54/h24-32,37-39,47-51,55-56,58-59,66,68-69,73H,13-23,33-36,40-43H2,1-12H3/t47-,48-,49-,50-,51+,55-,56-,58+,59-,61-,62-/m1/s1. The van der Waals surface area contributed by atoms with Crippen LogP contribution in [0.1, 0.15) is 174 Å². The van der Waals surface area contributed by atoms with E-state index in [4.69, 9.17) is 14.2 Å². The third kappa shape index (κ3) is 16.9. The molecule has 2 fully saturated rings. The zero-order valence-corrected chi connectivity index (χ0v) is 48.3. The average Bonchev–Trinajstić information content (AvgIpc) is 3.33. The maximum atomic E-state index is 14.3. The van der Waals surface area contributed by atoms with Crippen LogP contribution in [0.5, 0.6) is 0 Å². The number of carbonyl (C=O) groups is 2. The summed E-state index contributed by atoms with van der Waals surface area (Å²) in [6, 6.07) is 27.3. The van der Waals surface area contributed by atoms with E-state index in [9.17, 15) is 24.9 Å². The Kier molecular flexibility index (Phi) is 23.5. The van der Waals surface area contributed by atoms with Crippen molar-refractivity contribution >= 4 is 35.1 Å². The van der Waals surface area contributed by atoms with Crippen LogP contribution < -0.4 is 15.9 Å². The first-order valence-corrected chi connectivity index (χ1v) is 30.6. The van der Waals surface area contributed by atoms with Gasteiger partial charge in [0.1, 0.15) is 17.8 Å². The third-order valence-corrected chi connectivity index (χ3v) is 21.6. The molecule has 3 N–H and O–H groups in total. The molecular weight excluding hydrogens is 932 g/mol. The molecule has 0 radical (unpaired) electrons. The minimum absolute atomic E-state index is 0.0165. The first-order chi connectivity index (χ1) is 34.6. The molecule has 2 aliphatic rings. The zero-order chi connectivity index (χ0) is 53.5. The van der Waals surface area contributed by atoms with Crippen LogP contribution in [0, 0.1) is 32.6 Å². The Morgan fingerprint density at radius 2 is 1.27 bits per heavy atom. The number of aliphatic hydroxyl groups is 3. The SMILES string of the molecule is CC[C@H]1OC(=O)[C@H](C)CC[C@@H](O[C@H]2C[C@@H](N(C)C)C[C@@H](C)O2)[C@](C)(O)C[C@@H](C)CN(C(=O)CCCCCCCCCCCC[PH](c2cccc(C)c2)(c2cccc(C)c2)c2cccc(C)c2)[C@H](C)[C@@H](O)[C@]1(C)O. The monoisotopic (exact) mass is 1030 g/mol. The van der Waals surface area contributed by atoms with Gasteiger partial charge in [0.15, 0.2) is 6.29 Å². The molecule has 3 aromatic carbocycles. The second-order valence-electron chi connectivity index (χ2n) is 23.6. The van der Waals surface area contributed by atoms with Crippen molar-refractivity contribution in [2.24, 2.45) is 11.8 Å². The second-order valence-corrected chi connectivity index (χ2v) is 27.6. The number of rotatable bonds is 20. The molecule has 410 valence electrons. The first kappa shape index (κ1) is 60.7. The number of nitrogens with zero attached hydrogens (tertiary/aromatic N) is 2. The molecule has 0 aliphatic carbocycles. The van der Waals surface area contributed by atoms with Crippen molar-refractivity contribution in [3.63, 3.8) is 0 Å². The van der Waals surface area contributed by atoms with Gasteiger partial charge in [-0.25, -0.2) is 0 Å². The summed E-state index contributed by atoms with van der Waals surface area (Å²) in [5, 5.41) is 40.6. The van der Waals surface area contributed by atoms with Crippen LogP contribution in [0.3, 0.4) is 0 Å². The number of hydrogen-bond acceptors (Lipinski definition) is 9. The molecule has 2 aliphatic heterocycles. The normalized spacial score (nSPS) is 29.3. The molecule has 11 atom stereocenters. The molecule has 0 saturated carbocycles. The van der Waals surface area contributed by atoms with Crippen LogP contribution in [0.25, 0.3) is 0 Å². The van der Waals surface area contributed by atoms with E-state index in [0.717, 1.165) is 32.1 Å². The van der Waals surface area contributed by atoms with Gasteiger partial charge in [-0.1, -0.05) is 20.8 Å². The summed E-state index contributed by atoms with van der Waals surface area (Å²) in [5.74, 6) is -1.32. The predicted molar refractivity (Wildman–Crippen MR) is 303 cm³/mol. The fraction of sp³-hybridized carbons (Fsp3) is 0.677. The van der Waals surface area contributed by atoms with Gasteiger partial charge in [-0.05, 0) is 79.8 Å². The number of hydrogen-bond donors (Lipinski definition) is 3. The number of esters is 1. The maximum absolute atomic E-state index is 14.3. The van der Waals surface area contributed by atoms with Gasteiger partial charge in [0.2, 0.25) is 5.91 Å². The van der Waals surface area contributed by atoms with E-state index in [1.165, 1.54) is 84.2 Å². The molecule has 0 unspecified atom stereocenters. The largest absolute Gasteiger partial charge is 0.388 e. The third-order valence-electron chi connectivity index (χ3n) is 16.6. The Morgan fingerprint density at radius 1 is 0.767 bits per heavy atom. The number of ether oxygens (including phenoxy) is 3. The summed E-state index contributed by atoms with van der Waals surface area (Å²) < 4.78 is 18.9. The molecule has 3 aromatic rings. The number of benzene rings is 3. The van der Waals surface area contributed by atoms with Crippen molar-refractivity contribution in [1.29, 1.82) is 0 Å². The van der Waals surface area contributed by atoms with E-state index in [0.29, 0.717) is 32.1 Å². The van der Waals surface area contributed by atoms with E-state index < -0.39 is 61.0 Å². The molecule has 2 heterocycles. The fourth-order valence-corrected chi connectivity index (χ4v) is 17.4. The van der Waals surface area contributed by atoms with E-state index in [2.05, 4.69) is 113 Å². The number of aryl methyl sites for hydroxylation is 3. The molecule has 0 spiro atoms. The van der Waals surface area contributed by atoms with Crippen molar-refractivity contribution in [1.82, 2.24) is 9.80 Å². The van der Waals surface area contributed by atoms with Crippen LogP contribution in [0.2, 0.25) is 0 Å². The van der Waals surface area contributed by atoms with Crippen molar-refractivity contribution < 1.29 is 39.1 Å². The molecule has 5 rings (SSSR count). The molecule has 10 nitrogen and oxygen atoms in total. The average molecular weight is 1030 g/mol. The van der Waals surface area contributed by atoms with Gasteiger partial charge in [-0.3, -0.25) is 9.59 Å². The van der Waals surface area contributed by atoms with Gasteiger partial charge < -0.3 is 39.3 Å². The fourth-order valence-electron chi connectivity index (χ4n) is 12.2. The summed E-state index contributed by atoms with van der Waals surface area (Å²) in [5.41, 5.74) is 0.802. The summed E-state index contributed by atoms with van der Waals surface area (Å²) in [6.07, 6.45) is 11.9. The Bertz CT molecular complexity index is 2050. The van der Waals surface area contributed by atoms with Gasteiger partial charge in [0, 0.05) is 19.0 Å². The Morgan fingerprint density at radius 3 is 1.77 bits per heavy atom. The smallest absolute Gasteiger partial charge is 0.126 e. The molecule has 11 heteroatoms. The summed E-state index contributed by atoms with van der Waals surface area (Å²) in [6.45, 7) is 19.7. The predicted octanol–water partition coefficient (Wildman–Crippen LogP) is 10.6. The van der Waals surface area contributed by atoms with Gasteiger partial charge in [0.25, 0.3) is 0 Å². The van der Waals surface area contributed by atoms with Gasteiger partial charge in [-0.2, -0.15) is 0 Å². The van der Waals surface area contributed by atoms with Crippen molar-refractivity contribution in [2.75, 3.05) is 26.8 Å². The van der Waals surface area contributed by atoms with Crippen LogP contribution in [-0.2, 0) is 23.8 Å². The van der Waals surface area contributed by atoms with Gasteiger partial charge >= 0.3 is 216 Å². The molecular formula is C62H99N2O8P. The van der Waals surface area contributed by atoms with Crippen LogP contribution in [-0.4, -0.2) is 118 Å². The molecule has 73 heavy (non-hydrogen) atoms. The number of aliphatic hydroxyl groups excluding tert-OH is 1. The van der Waals surface area contributed by atoms with Crippen LogP contribution >= 0.6 is 7.26 Å². The van der Waals surface area contributed by atoms with Crippen molar-refractivity contribution in [2.45, 2.75) is 232 Å². The topological polar surface area (TPSA) is 129 Å². The molecule has 2 saturated heterocycles. The Balaban J connectivity index is 1.16. The first-order valence-electron chi connectivity index (χ1n) is 28.4. The minimum atomic E-state index is -2.28. The van der Waals surface area contributed by atoms with Crippen molar-refractivity contribution in [3.8, 4) is 0 Å². The van der Waals surface area contributed by atoms with Crippen LogP contribution in [0.4, 0.5) is 0 Å². The summed E-state index contributed by atoms with van der Waals surface area (Å²) >= 11 is 0. The van der Waals surface area contributed by atoms with Crippen molar-refractivity contribution in [3.05, 3.63) is 89.5 Å². The summed E-state index contributed by atoms with van der Waals surface area (Å²) in [7, 11) is 1.83. The molecule has 0 bridgehead atoms. The number of carbonyl (C=O) groups excluding carboxylic acids is 2. The number of cyclic esters (lactones) is 1. The quantitative estimate of drug-likeness (QED) is 0.0576. The molecule has 0 aromatic heterocycles. The van der Waals surface area contributed by atoms with Crippen LogP contribution in [0.15, 0.2) is 72.8 Å². The number of unbranched alkanes of at least 4 members (excludes halogenated alkanes) is 9. The van der Waals surface area contributed by atoms with E-state index in [1.807, 2.05) is 20.8 Å². The number of amides is 1. The maximum Gasteiger partial charge on any atom is 0.126 e. The zero-order valence-electron chi connectivity index (χ0n) is 47.3. The minimum Gasteiger partial charge on any atom is -0.388 e. The summed E-state index contributed by atoms with van der Waals surface area (Å²) in [4.78, 5) is 31.8. The van der Waals surface area contributed by atoms with E-state index in [1.54, 1.807) is 25.7 Å². The van der Waals surface area contributed by atoms with E-state index >= 15 is 0 Å². The molecule has 1 amide bonds. The second kappa shape index (κ2) is 28.2. The van der Waals surface area contributed by atoms with E-state index in [-0.39, 0.29) is 36.9 Å². The Labute approximate surface area is 442 Å².